The number of aromatic nitrogens is 2. The first-order valence-corrected chi connectivity index (χ1v) is 5.39. The lowest BCUT2D eigenvalue weighted by molar-refractivity contribution is 0.598. The Morgan fingerprint density at radius 3 is 2.38 bits per heavy atom. The summed E-state index contributed by atoms with van der Waals surface area (Å²) in [6.07, 6.45) is 4.94. The number of nitrogens with zero attached hydrogens (tertiary/aromatic N) is 2. The van der Waals surface area contributed by atoms with Gasteiger partial charge in [-0.3, -0.25) is 4.98 Å². The van der Waals surface area contributed by atoms with E-state index in [9.17, 15) is 0 Å². The third-order valence-corrected chi connectivity index (χ3v) is 2.25. The SMILES string of the molecule is Pc1ncco1.c1ccc2ncccc2c1. The molecule has 1 unspecified atom stereocenters. The normalized spacial score (nSPS) is 9.56. The van der Waals surface area contributed by atoms with Crippen molar-refractivity contribution in [2.75, 3.05) is 0 Å². The van der Waals surface area contributed by atoms with Crippen molar-refractivity contribution in [2.45, 2.75) is 0 Å². The molecule has 0 N–H and O–H groups in total. The Labute approximate surface area is 95.7 Å². The fraction of sp³-hybridized carbons (Fsp3) is 0. The minimum Gasteiger partial charge on any atom is -0.446 e. The number of oxazole rings is 1. The predicted molar refractivity (Wildman–Crippen MR) is 67.6 cm³/mol. The van der Waals surface area contributed by atoms with Crippen molar-refractivity contribution in [3.05, 3.63) is 55.1 Å². The van der Waals surface area contributed by atoms with Gasteiger partial charge in [0.25, 0.3) is 0 Å². The maximum Gasteiger partial charge on any atom is 0.209 e. The molecular formula is C12H11N2OP. The number of hydrogen-bond acceptors (Lipinski definition) is 3. The van der Waals surface area contributed by atoms with Gasteiger partial charge in [0.1, 0.15) is 6.26 Å². The Balaban J connectivity index is 0.000000138. The zero-order valence-corrected chi connectivity index (χ0v) is 9.73. The van der Waals surface area contributed by atoms with Gasteiger partial charge in [0.2, 0.25) is 5.63 Å². The lowest BCUT2D eigenvalue weighted by atomic mass is 10.2. The Kier molecular flexibility index (Phi) is 3.62. The molecule has 0 bridgehead atoms. The number of para-hydroxylation sites is 1. The van der Waals surface area contributed by atoms with Crippen molar-refractivity contribution in [1.82, 2.24) is 9.97 Å². The molecule has 0 saturated carbocycles. The average Bonchev–Trinajstić information content (AvgIpc) is 2.81. The molecule has 0 aliphatic rings. The molecule has 4 heteroatoms. The molecule has 3 aromatic rings. The summed E-state index contributed by atoms with van der Waals surface area (Å²) < 4.78 is 4.69. The zero-order valence-electron chi connectivity index (χ0n) is 8.58. The van der Waals surface area contributed by atoms with Gasteiger partial charge >= 0.3 is 0 Å². The molecule has 80 valence electrons. The molecule has 1 atom stereocenters. The fourth-order valence-corrected chi connectivity index (χ4v) is 1.42. The molecule has 0 spiro atoms. The van der Waals surface area contributed by atoms with Crippen molar-refractivity contribution in [1.29, 1.82) is 0 Å². The molecule has 2 aromatic heterocycles. The lowest BCUT2D eigenvalue weighted by Crippen LogP contribution is -1.83. The summed E-state index contributed by atoms with van der Waals surface area (Å²) in [6.45, 7) is 0. The molecule has 0 radical (unpaired) electrons. The van der Waals surface area contributed by atoms with Crippen LogP contribution in [0.3, 0.4) is 0 Å². The van der Waals surface area contributed by atoms with Crippen molar-refractivity contribution < 1.29 is 4.42 Å². The Hall–Kier alpha value is -1.73. The summed E-state index contributed by atoms with van der Waals surface area (Å²) in [4.78, 5) is 7.89. The van der Waals surface area contributed by atoms with E-state index in [-0.39, 0.29) is 0 Å². The molecule has 0 amide bonds. The van der Waals surface area contributed by atoms with Gasteiger partial charge in [-0.1, -0.05) is 24.3 Å². The van der Waals surface area contributed by atoms with E-state index in [2.05, 4.69) is 35.8 Å². The Bertz CT molecular complexity index is 486. The second-order valence-electron chi connectivity index (χ2n) is 3.07. The van der Waals surface area contributed by atoms with E-state index in [1.807, 2.05) is 30.5 Å². The molecule has 2 heterocycles. The topological polar surface area (TPSA) is 38.9 Å². The first-order valence-electron chi connectivity index (χ1n) is 4.81. The third-order valence-electron chi connectivity index (χ3n) is 1.96. The second kappa shape index (κ2) is 5.38. The molecule has 0 aliphatic carbocycles. The van der Waals surface area contributed by atoms with Crippen LogP contribution in [-0.4, -0.2) is 9.97 Å². The molecular weight excluding hydrogens is 219 g/mol. The van der Waals surface area contributed by atoms with Gasteiger partial charge in [-0.2, -0.15) is 0 Å². The van der Waals surface area contributed by atoms with Crippen LogP contribution in [-0.2, 0) is 0 Å². The highest BCUT2D eigenvalue weighted by molar-refractivity contribution is 7.26. The monoisotopic (exact) mass is 230 g/mol. The highest BCUT2D eigenvalue weighted by Crippen LogP contribution is 2.07. The van der Waals surface area contributed by atoms with E-state index in [4.69, 9.17) is 0 Å². The van der Waals surface area contributed by atoms with Crippen molar-refractivity contribution in [3.63, 3.8) is 0 Å². The molecule has 0 aliphatic heterocycles. The number of fused-ring (bicyclic) bond motifs is 1. The van der Waals surface area contributed by atoms with Crippen molar-refractivity contribution >= 4 is 25.8 Å². The predicted octanol–water partition coefficient (Wildman–Crippen LogP) is 2.41. The summed E-state index contributed by atoms with van der Waals surface area (Å²) in [6, 6.07) is 12.1. The minimum absolute atomic E-state index is 0.634. The maximum atomic E-state index is 4.69. The fourth-order valence-electron chi connectivity index (χ4n) is 1.25. The summed E-state index contributed by atoms with van der Waals surface area (Å²) in [7, 11) is 2.34. The maximum absolute atomic E-state index is 4.69. The van der Waals surface area contributed by atoms with E-state index in [1.165, 1.54) is 11.6 Å². The minimum atomic E-state index is 0.634. The van der Waals surface area contributed by atoms with E-state index < -0.39 is 0 Å². The quantitative estimate of drug-likeness (QED) is 0.557. The summed E-state index contributed by atoms with van der Waals surface area (Å²) in [5, 5.41) is 1.20. The van der Waals surface area contributed by atoms with E-state index >= 15 is 0 Å². The first-order chi connectivity index (χ1) is 7.86. The summed E-state index contributed by atoms with van der Waals surface area (Å²) in [5.74, 6) is 0. The van der Waals surface area contributed by atoms with Crippen LogP contribution in [0.2, 0.25) is 0 Å². The highest BCUT2D eigenvalue weighted by atomic mass is 31.0. The Morgan fingerprint density at radius 1 is 0.938 bits per heavy atom. The molecule has 1 aromatic carbocycles. The van der Waals surface area contributed by atoms with Crippen LogP contribution in [0.25, 0.3) is 10.9 Å². The van der Waals surface area contributed by atoms with Gasteiger partial charge in [-0.15, -0.1) is 0 Å². The van der Waals surface area contributed by atoms with Gasteiger partial charge in [0.15, 0.2) is 0 Å². The van der Waals surface area contributed by atoms with Gasteiger partial charge in [-0.25, -0.2) is 4.98 Å². The van der Waals surface area contributed by atoms with Crippen LogP contribution in [0.15, 0.2) is 59.5 Å². The zero-order chi connectivity index (χ0) is 11.2. The van der Waals surface area contributed by atoms with Gasteiger partial charge < -0.3 is 4.42 Å². The van der Waals surface area contributed by atoms with Gasteiger partial charge in [-0.05, 0) is 21.4 Å². The first kappa shape index (κ1) is 10.8. The molecule has 0 fully saturated rings. The largest absolute Gasteiger partial charge is 0.446 e. The standard InChI is InChI=1S/C9H7N.C3H4NOP/c1-2-6-9-8(4-1)5-3-7-10-9;6-3-4-1-2-5-3/h1-7H;1-2H,6H2. The van der Waals surface area contributed by atoms with E-state index in [0.717, 1.165) is 5.52 Å². The van der Waals surface area contributed by atoms with Crippen molar-refractivity contribution in [2.24, 2.45) is 0 Å². The van der Waals surface area contributed by atoms with Gasteiger partial charge in [0.05, 0.1) is 11.7 Å². The summed E-state index contributed by atoms with van der Waals surface area (Å²) >= 11 is 0. The Morgan fingerprint density at radius 2 is 1.75 bits per heavy atom. The van der Waals surface area contributed by atoms with Crippen LogP contribution < -0.4 is 5.63 Å². The van der Waals surface area contributed by atoms with Crippen LogP contribution in [0.4, 0.5) is 0 Å². The van der Waals surface area contributed by atoms with Crippen LogP contribution in [0, 0.1) is 0 Å². The third kappa shape index (κ3) is 2.88. The molecule has 3 nitrogen and oxygen atoms in total. The molecule has 3 rings (SSSR count). The van der Waals surface area contributed by atoms with Gasteiger partial charge in [0, 0.05) is 11.6 Å². The number of hydrogen-bond donors (Lipinski definition) is 0. The smallest absolute Gasteiger partial charge is 0.209 e. The van der Waals surface area contributed by atoms with Crippen LogP contribution >= 0.6 is 9.24 Å². The van der Waals surface area contributed by atoms with Crippen molar-refractivity contribution in [3.8, 4) is 0 Å². The molecule has 16 heavy (non-hydrogen) atoms. The number of benzene rings is 1. The van der Waals surface area contributed by atoms with Crippen LogP contribution in [0.5, 0.6) is 0 Å². The second-order valence-corrected chi connectivity index (χ2v) is 3.56. The average molecular weight is 230 g/mol. The van der Waals surface area contributed by atoms with Crippen LogP contribution in [0.1, 0.15) is 0 Å². The number of rotatable bonds is 0. The highest BCUT2D eigenvalue weighted by Gasteiger charge is 1.86. The molecule has 0 saturated heterocycles. The summed E-state index contributed by atoms with van der Waals surface area (Å²) in [5.41, 5.74) is 1.69. The van der Waals surface area contributed by atoms with E-state index in [1.54, 1.807) is 6.20 Å². The lowest BCUT2D eigenvalue weighted by Gasteiger charge is -1.91. The van der Waals surface area contributed by atoms with E-state index in [0.29, 0.717) is 5.63 Å². The number of pyridine rings is 1.